The quantitative estimate of drug-likeness (QED) is 0.328. The van der Waals surface area contributed by atoms with Crippen LogP contribution >= 0.6 is 19.2 Å². The van der Waals surface area contributed by atoms with Gasteiger partial charge in [-0.1, -0.05) is 29.8 Å². The number of pyridine rings is 1. The fourth-order valence-corrected chi connectivity index (χ4v) is 4.66. The van der Waals surface area contributed by atoms with Gasteiger partial charge in [-0.15, -0.1) is 0 Å². The van der Waals surface area contributed by atoms with Crippen molar-refractivity contribution in [3.63, 3.8) is 0 Å². The van der Waals surface area contributed by atoms with Crippen LogP contribution in [0.5, 0.6) is 0 Å². The van der Waals surface area contributed by atoms with Gasteiger partial charge >= 0.3 is 7.60 Å². The topological polar surface area (TPSA) is 120 Å². The van der Waals surface area contributed by atoms with Gasteiger partial charge in [0.15, 0.2) is 11.2 Å². The van der Waals surface area contributed by atoms with Crippen LogP contribution in [-0.2, 0) is 17.4 Å². The lowest BCUT2D eigenvalue weighted by atomic mass is 9.84. The van der Waals surface area contributed by atoms with Gasteiger partial charge in [0.25, 0.3) is 0 Å². The maximum Gasteiger partial charge on any atom is 0.325 e. The molecule has 1 aliphatic heterocycles. The Hall–Kier alpha value is -2.83. The molecule has 0 fully saturated rings. The number of ketones is 1. The van der Waals surface area contributed by atoms with Gasteiger partial charge in [0.2, 0.25) is 0 Å². The van der Waals surface area contributed by atoms with E-state index in [0.29, 0.717) is 22.3 Å². The van der Waals surface area contributed by atoms with E-state index in [9.17, 15) is 14.2 Å². The first-order valence-corrected chi connectivity index (χ1v) is 12.6. The van der Waals surface area contributed by atoms with Crippen LogP contribution in [0.4, 0.5) is 0 Å². The lowest BCUT2D eigenvalue weighted by Gasteiger charge is -2.23. The highest BCUT2D eigenvalue weighted by Gasteiger charge is 2.39. The number of hydrogen-bond donors (Lipinski definition) is 3. The van der Waals surface area contributed by atoms with Crippen LogP contribution in [0.3, 0.4) is 0 Å². The number of Topliss-reactive ketones (excluding diaryl/α,β-unsaturated/α-hetero) is 1. The number of carbonyl (C=O) groups excluding carboxylic acids is 1. The number of rotatable bonds is 8. The molecule has 2 heterocycles. The molecule has 3 N–H and O–H groups in total. The van der Waals surface area contributed by atoms with E-state index in [1.807, 2.05) is 12.1 Å². The number of benzene rings is 2. The van der Waals surface area contributed by atoms with Crippen molar-refractivity contribution in [3.8, 4) is 0 Å². The molecule has 0 radical (unpaired) electrons. The standard InChI is InChI=1S/C24H22ClN2O5P/c25-18-7-4-17(5-8-18)14-24(10-2-11-27-24)23(29)20-15-26-21-9-6-16(13-19(21)22(20)28)3-1-12-33(30,31)32/h2,4-11,13,15H,1,3,12,14H2,(H,26,28)(H2,30,31,32). The second-order valence-corrected chi connectivity index (χ2v) is 10.3. The van der Waals surface area contributed by atoms with Crippen LogP contribution in [0.25, 0.3) is 10.9 Å². The number of hydrogen-bond acceptors (Lipinski definition) is 4. The minimum atomic E-state index is -4.07. The average Bonchev–Trinajstić information content (AvgIpc) is 3.24. The van der Waals surface area contributed by atoms with Gasteiger partial charge < -0.3 is 14.8 Å². The van der Waals surface area contributed by atoms with Crippen LogP contribution in [0, 0.1) is 0 Å². The number of aliphatic imine (C=N–C) groups is 1. The number of aromatic amines is 1. The number of nitrogens with one attached hydrogen (secondary N) is 1. The third kappa shape index (κ3) is 5.23. The zero-order valence-electron chi connectivity index (χ0n) is 17.6. The molecule has 1 unspecified atom stereocenters. The molecule has 0 saturated carbocycles. The summed E-state index contributed by atoms with van der Waals surface area (Å²) in [7, 11) is -4.07. The van der Waals surface area contributed by atoms with Gasteiger partial charge in [-0.3, -0.25) is 19.1 Å². The molecule has 9 heteroatoms. The summed E-state index contributed by atoms with van der Waals surface area (Å²) in [5.74, 6) is -0.405. The number of halogens is 1. The van der Waals surface area contributed by atoms with E-state index in [1.54, 1.807) is 48.7 Å². The molecule has 170 valence electrons. The molecule has 0 bridgehead atoms. The Labute approximate surface area is 195 Å². The van der Waals surface area contributed by atoms with Gasteiger partial charge in [0.1, 0.15) is 5.54 Å². The van der Waals surface area contributed by atoms with Crippen LogP contribution < -0.4 is 5.43 Å². The Morgan fingerprint density at radius 3 is 2.52 bits per heavy atom. The molecule has 1 atom stereocenters. The second kappa shape index (κ2) is 9.20. The fraction of sp³-hybridized carbons (Fsp3) is 0.208. The Morgan fingerprint density at radius 2 is 1.85 bits per heavy atom. The number of nitrogens with zero attached hydrogens (tertiary/aromatic N) is 1. The normalized spacial score (nSPS) is 17.7. The largest absolute Gasteiger partial charge is 0.360 e. The molecule has 4 rings (SSSR count). The van der Waals surface area contributed by atoms with Crippen LogP contribution in [0.15, 0.2) is 70.6 Å². The summed E-state index contributed by atoms with van der Waals surface area (Å²) < 4.78 is 11.1. The minimum absolute atomic E-state index is 0.00697. The summed E-state index contributed by atoms with van der Waals surface area (Å²) in [6.45, 7) is 0. The van der Waals surface area contributed by atoms with Crippen LogP contribution in [0.2, 0.25) is 5.02 Å². The maximum atomic E-state index is 13.6. The Balaban J connectivity index is 1.66. The van der Waals surface area contributed by atoms with Crippen molar-refractivity contribution in [1.82, 2.24) is 4.98 Å². The van der Waals surface area contributed by atoms with Gasteiger partial charge in [-0.2, -0.15) is 0 Å². The smallest absolute Gasteiger partial charge is 0.325 e. The van der Waals surface area contributed by atoms with Crippen molar-refractivity contribution in [3.05, 3.63) is 92.7 Å². The summed E-state index contributed by atoms with van der Waals surface area (Å²) in [6.07, 6.45) is 7.14. The molecule has 0 aliphatic carbocycles. The van der Waals surface area contributed by atoms with E-state index in [1.165, 1.54) is 6.20 Å². The monoisotopic (exact) mass is 484 g/mol. The van der Waals surface area contributed by atoms with Crippen LogP contribution in [-0.4, -0.2) is 38.5 Å². The number of H-pyrrole nitrogens is 1. The lowest BCUT2D eigenvalue weighted by Crippen LogP contribution is -2.38. The van der Waals surface area contributed by atoms with Crippen molar-refractivity contribution in [2.75, 3.05) is 6.16 Å². The van der Waals surface area contributed by atoms with Crippen LogP contribution in [0.1, 0.15) is 27.9 Å². The molecule has 0 amide bonds. The first kappa shape index (κ1) is 23.3. The van der Waals surface area contributed by atoms with Gasteiger partial charge in [-0.25, -0.2) is 0 Å². The number of allylic oxidation sites excluding steroid dienone is 1. The van der Waals surface area contributed by atoms with Crippen molar-refractivity contribution in [2.45, 2.75) is 24.8 Å². The number of aryl methyl sites for hydroxylation is 1. The number of fused-ring (bicyclic) bond motifs is 1. The Kier molecular flexibility index (Phi) is 6.50. The van der Waals surface area contributed by atoms with Gasteiger partial charge in [0.05, 0.1) is 11.7 Å². The molecule has 7 nitrogen and oxygen atoms in total. The SMILES string of the molecule is O=C(c1c[nH]c2ccc(CCCP(=O)(O)O)cc2c1=O)C1(Cc2ccc(Cl)cc2)C=CC=N1. The minimum Gasteiger partial charge on any atom is -0.360 e. The molecule has 3 aromatic rings. The van der Waals surface area contributed by atoms with E-state index in [4.69, 9.17) is 21.4 Å². The predicted octanol–water partition coefficient (Wildman–Crippen LogP) is 4.10. The molecule has 1 aromatic heterocycles. The van der Waals surface area contributed by atoms with Gasteiger partial charge in [0, 0.05) is 34.8 Å². The van der Waals surface area contributed by atoms with E-state index in [-0.39, 0.29) is 24.6 Å². The first-order chi connectivity index (χ1) is 15.7. The highest BCUT2D eigenvalue weighted by atomic mass is 35.5. The third-order valence-corrected chi connectivity index (χ3v) is 6.80. The fourth-order valence-electron chi connectivity index (χ4n) is 3.97. The summed E-state index contributed by atoms with van der Waals surface area (Å²) in [4.78, 5) is 52.4. The van der Waals surface area contributed by atoms with E-state index < -0.39 is 24.3 Å². The highest BCUT2D eigenvalue weighted by Crippen LogP contribution is 2.35. The number of carbonyl (C=O) groups is 1. The van der Waals surface area contributed by atoms with E-state index in [0.717, 1.165) is 11.1 Å². The molecule has 2 aromatic carbocycles. The molecule has 33 heavy (non-hydrogen) atoms. The summed E-state index contributed by atoms with van der Waals surface area (Å²) in [5.41, 5.74) is 0.591. The lowest BCUT2D eigenvalue weighted by molar-refractivity contribution is 0.0922. The summed E-state index contributed by atoms with van der Waals surface area (Å²) >= 11 is 5.97. The van der Waals surface area contributed by atoms with E-state index >= 15 is 0 Å². The van der Waals surface area contributed by atoms with Gasteiger partial charge in [-0.05, 0) is 60.4 Å². The zero-order chi connectivity index (χ0) is 23.6. The van der Waals surface area contributed by atoms with E-state index in [2.05, 4.69) is 9.98 Å². The predicted molar refractivity (Wildman–Crippen MR) is 130 cm³/mol. The summed E-state index contributed by atoms with van der Waals surface area (Å²) in [5, 5.41) is 0.939. The second-order valence-electron chi connectivity index (χ2n) is 8.10. The Bertz CT molecular complexity index is 1360. The molecule has 1 aliphatic rings. The molecule has 0 saturated heterocycles. The Morgan fingerprint density at radius 1 is 1.12 bits per heavy atom. The summed E-state index contributed by atoms with van der Waals surface area (Å²) in [6, 6.07) is 12.3. The molecular formula is C24H22ClN2O5P. The maximum absolute atomic E-state index is 13.6. The molecular weight excluding hydrogens is 463 g/mol. The van der Waals surface area contributed by atoms with Crippen molar-refractivity contribution < 1.29 is 19.1 Å². The van der Waals surface area contributed by atoms with Crippen molar-refractivity contribution in [2.24, 2.45) is 4.99 Å². The average molecular weight is 485 g/mol. The van der Waals surface area contributed by atoms with Crippen molar-refractivity contribution >= 4 is 42.1 Å². The highest BCUT2D eigenvalue weighted by molar-refractivity contribution is 7.51. The molecule has 0 spiro atoms. The number of aromatic nitrogens is 1. The third-order valence-electron chi connectivity index (χ3n) is 5.65. The van der Waals surface area contributed by atoms with Crippen molar-refractivity contribution in [1.29, 1.82) is 0 Å². The first-order valence-electron chi connectivity index (χ1n) is 10.4. The zero-order valence-corrected chi connectivity index (χ0v) is 19.2.